The molecular formula is C17H23N3OS. The summed E-state index contributed by atoms with van der Waals surface area (Å²) in [6, 6.07) is 11.2. The van der Waals surface area contributed by atoms with Gasteiger partial charge in [0.05, 0.1) is 0 Å². The number of aromatic nitrogens is 1. The van der Waals surface area contributed by atoms with Crippen molar-refractivity contribution in [3.8, 4) is 0 Å². The molecule has 2 N–H and O–H groups in total. The third-order valence-electron chi connectivity index (χ3n) is 4.24. The van der Waals surface area contributed by atoms with Gasteiger partial charge in [-0.2, -0.15) is 0 Å². The zero-order valence-electron chi connectivity index (χ0n) is 12.7. The molecule has 0 unspecified atom stereocenters. The third-order valence-corrected chi connectivity index (χ3v) is 5.07. The molecule has 0 saturated carbocycles. The van der Waals surface area contributed by atoms with Gasteiger partial charge in [0, 0.05) is 43.4 Å². The highest BCUT2D eigenvalue weighted by atomic mass is 32.1. The number of thiazole rings is 1. The van der Waals surface area contributed by atoms with Crippen LogP contribution in [0.15, 0.2) is 41.9 Å². The van der Waals surface area contributed by atoms with Gasteiger partial charge in [0.25, 0.3) is 0 Å². The van der Waals surface area contributed by atoms with E-state index < -0.39 is 0 Å². The Hall–Kier alpha value is -1.43. The number of hydrogen-bond acceptors (Lipinski definition) is 5. The summed E-state index contributed by atoms with van der Waals surface area (Å²) in [6.07, 6.45) is 4.87. The standard InChI is InChI=1S/C17H23N3OS/c21-12-8-16(14-4-2-1-3-5-14)19-15-6-10-20(11-7-15)17-18-9-13-22-17/h1-5,9,13,15-16,19,21H,6-8,10-12H2/t16-/m1/s1. The number of benzene rings is 1. The van der Waals surface area contributed by atoms with Crippen LogP contribution >= 0.6 is 11.3 Å². The van der Waals surface area contributed by atoms with E-state index in [-0.39, 0.29) is 12.6 Å². The molecule has 1 aliphatic heterocycles. The summed E-state index contributed by atoms with van der Waals surface area (Å²) >= 11 is 1.71. The van der Waals surface area contributed by atoms with Gasteiger partial charge >= 0.3 is 0 Å². The lowest BCUT2D eigenvalue weighted by atomic mass is 9.99. The van der Waals surface area contributed by atoms with Crippen molar-refractivity contribution in [1.29, 1.82) is 0 Å². The second-order valence-electron chi connectivity index (χ2n) is 5.72. The van der Waals surface area contributed by atoms with E-state index in [4.69, 9.17) is 0 Å². The molecule has 118 valence electrons. The fourth-order valence-electron chi connectivity index (χ4n) is 3.05. The minimum absolute atomic E-state index is 0.213. The number of aliphatic hydroxyl groups is 1. The van der Waals surface area contributed by atoms with Gasteiger partial charge in [-0.3, -0.25) is 0 Å². The Kier molecular flexibility index (Phi) is 5.43. The van der Waals surface area contributed by atoms with E-state index in [1.807, 2.05) is 17.6 Å². The molecule has 1 aromatic heterocycles. The molecule has 4 nitrogen and oxygen atoms in total. The maximum Gasteiger partial charge on any atom is 0.185 e. The summed E-state index contributed by atoms with van der Waals surface area (Å²) in [4.78, 5) is 6.76. The topological polar surface area (TPSA) is 48.4 Å². The van der Waals surface area contributed by atoms with Gasteiger partial charge in [0.2, 0.25) is 0 Å². The number of rotatable bonds is 6. The number of nitrogens with one attached hydrogen (secondary N) is 1. The van der Waals surface area contributed by atoms with Crippen LogP contribution < -0.4 is 10.2 Å². The third kappa shape index (κ3) is 3.85. The lowest BCUT2D eigenvalue weighted by Crippen LogP contribution is -2.44. The van der Waals surface area contributed by atoms with Crippen LogP contribution in [0.4, 0.5) is 5.13 Å². The molecule has 2 aromatic rings. The Morgan fingerprint density at radius 1 is 1.27 bits per heavy atom. The smallest absolute Gasteiger partial charge is 0.185 e. The molecule has 1 saturated heterocycles. The fourth-order valence-corrected chi connectivity index (χ4v) is 3.75. The zero-order chi connectivity index (χ0) is 15.2. The Balaban J connectivity index is 1.56. The summed E-state index contributed by atoms with van der Waals surface area (Å²) in [5, 5.41) is 16.2. The van der Waals surface area contributed by atoms with Crippen molar-refractivity contribution < 1.29 is 5.11 Å². The minimum Gasteiger partial charge on any atom is -0.396 e. The van der Waals surface area contributed by atoms with Gasteiger partial charge in [-0.15, -0.1) is 11.3 Å². The van der Waals surface area contributed by atoms with Crippen LogP contribution in [-0.2, 0) is 0 Å². The normalized spacial score (nSPS) is 17.6. The number of nitrogens with zero attached hydrogens (tertiary/aromatic N) is 2. The lowest BCUT2D eigenvalue weighted by Gasteiger charge is -2.34. The number of aliphatic hydroxyl groups excluding tert-OH is 1. The number of anilines is 1. The zero-order valence-corrected chi connectivity index (χ0v) is 13.5. The first-order valence-corrected chi connectivity index (χ1v) is 8.81. The molecule has 0 amide bonds. The highest BCUT2D eigenvalue weighted by Crippen LogP contribution is 2.24. The number of hydrogen-bond donors (Lipinski definition) is 2. The summed E-state index contributed by atoms with van der Waals surface area (Å²) in [6.45, 7) is 2.31. The van der Waals surface area contributed by atoms with Gasteiger partial charge in [0.15, 0.2) is 5.13 Å². The molecule has 3 rings (SSSR count). The van der Waals surface area contributed by atoms with Crippen LogP contribution in [-0.4, -0.2) is 35.8 Å². The first kappa shape index (κ1) is 15.5. The first-order valence-electron chi connectivity index (χ1n) is 7.93. The maximum atomic E-state index is 9.34. The predicted molar refractivity (Wildman–Crippen MR) is 91.4 cm³/mol. The van der Waals surface area contributed by atoms with E-state index >= 15 is 0 Å². The minimum atomic E-state index is 0.213. The molecule has 0 spiro atoms. The largest absolute Gasteiger partial charge is 0.396 e. The summed E-state index contributed by atoms with van der Waals surface area (Å²) in [7, 11) is 0. The van der Waals surface area contributed by atoms with Crippen molar-refractivity contribution in [3.63, 3.8) is 0 Å². The van der Waals surface area contributed by atoms with Crippen LogP contribution in [0.25, 0.3) is 0 Å². The number of piperidine rings is 1. The molecule has 1 fully saturated rings. The molecule has 5 heteroatoms. The van der Waals surface area contributed by atoms with Crippen molar-refractivity contribution in [2.75, 3.05) is 24.6 Å². The summed E-state index contributed by atoms with van der Waals surface area (Å²) in [5.41, 5.74) is 1.26. The Morgan fingerprint density at radius 3 is 2.68 bits per heavy atom. The second-order valence-corrected chi connectivity index (χ2v) is 6.59. The van der Waals surface area contributed by atoms with Gasteiger partial charge in [-0.1, -0.05) is 30.3 Å². The van der Waals surface area contributed by atoms with Crippen LogP contribution in [0.5, 0.6) is 0 Å². The molecule has 0 aliphatic carbocycles. The molecule has 22 heavy (non-hydrogen) atoms. The van der Waals surface area contributed by atoms with E-state index in [9.17, 15) is 5.11 Å². The van der Waals surface area contributed by atoms with Gasteiger partial charge in [-0.05, 0) is 24.8 Å². The van der Waals surface area contributed by atoms with E-state index in [0.717, 1.165) is 37.5 Å². The van der Waals surface area contributed by atoms with E-state index in [1.54, 1.807) is 11.3 Å². The monoisotopic (exact) mass is 317 g/mol. The molecule has 0 radical (unpaired) electrons. The van der Waals surface area contributed by atoms with Crippen molar-refractivity contribution in [1.82, 2.24) is 10.3 Å². The van der Waals surface area contributed by atoms with Crippen LogP contribution in [0, 0.1) is 0 Å². The predicted octanol–water partition coefficient (Wildman–Crippen LogP) is 2.83. The highest BCUT2D eigenvalue weighted by Gasteiger charge is 2.23. The molecule has 0 bridgehead atoms. The van der Waals surface area contributed by atoms with Crippen molar-refractivity contribution in [3.05, 3.63) is 47.5 Å². The van der Waals surface area contributed by atoms with Gasteiger partial charge in [0.1, 0.15) is 0 Å². The summed E-state index contributed by atoms with van der Waals surface area (Å²) in [5.74, 6) is 0. The second kappa shape index (κ2) is 7.72. The Morgan fingerprint density at radius 2 is 2.05 bits per heavy atom. The van der Waals surface area contributed by atoms with Crippen molar-refractivity contribution in [2.45, 2.75) is 31.3 Å². The van der Waals surface area contributed by atoms with E-state index in [0.29, 0.717) is 6.04 Å². The quantitative estimate of drug-likeness (QED) is 0.860. The van der Waals surface area contributed by atoms with Gasteiger partial charge < -0.3 is 15.3 Å². The van der Waals surface area contributed by atoms with Gasteiger partial charge in [-0.25, -0.2) is 4.98 Å². The molecule has 2 heterocycles. The lowest BCUT2D eigenvalue weighted by molar-refractivity contribution is 0.253. The van der Waals surface area contributed by atoms with Crippen LogP contribution in [0.1, 0.15) is 30.9 Å². The van der Waals surface area contributed by atoms with E-state index in [2.05, 4.69) is 39.5 Å². The molecular weight excluding hydrogens is 294 g/mol. The average molecular weight is 317 g/mol. The average Bonchev–Trinajstić information content (AvgIpc) is 3.10. The molecule has 1 atom stereocenters. The first-order chi connectivity index (χ1) is 10.9. The SMILES string of the molecule is OCC[C@@H](NC1CCN(c2nccs2)CC1)c1ccccc1. The van der Waals surface area contributed by atoms with Crippen molar-refractivity contribution >= 4 is 16.5 Å². The Labute approximate surface area is 135 Å². The Bertz CT molecular complexity index is 538. The van der Waals surface area contributed by atoms with E-state index in [1.165, 1.54) is 5.56 Å². The fraction of sp³-hybridized carbons (Fsp3) is 0.471. The van der Waals surface area contributed by atoms with Crippen molar-refractivity contribution in [2.24, 2.45) is 0 Å². The maximum absolute atomic E-state index is 9.34. The highest BCUT2D eigenvalue weighted by molar-refractivity contribution is 7.13. The molecule has 1 aromatic carbocycles. The molecule has 1 aliphatic rings. The van der Waals surface area contributed by atoms with Crippen LogP contribution in [0.2, 0.25) is 0 Å². The van der Waals surface area contributed by atoms with Crippen LogP contribution in [0.3, 0.4) is 0 Å². The summed E-state index contributed by atoms with van der Waals surface area (Å²) < 4.78 is 0.